The van der Waals surface area contributed by atoms with Crippen LogP contribution in [0.3, 0.4) is 0 Å². The molecule has 0 spiro atoms. The number of alkyl halides is 1. The highest BCUT2D eigenvalue weighted by molar-refractivity contribution is 8.17. The Bertz CT molecular complexity index is 6640. The van der Waals surface area contributed by atoms with Gasteiger partial charge in [-0.3, -0.25) is 67.3 Å². The van der Waals surface area contributed by atoms with Gasteiger partial charge in [-0.05, 0) is 215 Å². The van der Waals surface area contributed by atoms with E-state index in [-0.39, 0.29) is 96.9 Å². The Labute approximate surface area is 877 Å². The zero-order valence-electron chi connectivity index (χ0n) is 81.7. The van der Waals surface area contributed by atoms with Crippen molar-refractivity contribution in [3.8, 4) is 70.3 Å². The van der Waals surface area contributed by atoms with Crippen LogP contribution in [0.25, 0.3) is 0 Å². The first-order chi connectivity index (χ1) is 68.8. The number of methoxy groups -OCH3 is 1. The minimum atomic E-state index is -1.88. The third-order valence-corrected chi connectivity index (χ3v) is 37.1. The molecular weight excluding hydrogens is 2070 g/mol. The van der Waals surface area contributed by atoms with Crippen LogP contribution in [-0.2, 0) is 73.7 Å². The molecule has 8 fully saturated rings. The highest BCUT2D eigenvalue weighted by Gasteiger charge is 2.77. The van der Waals surface area contributed by atoms with E-state index < -0.39 is 153 Å². The number of rotatable bonds is 17. The molecule has 1 aromatic heterocycles. The summed E-state index contributed by atoms with van der Waals surface area (Å²) in [6, 6.07) is 40.5. The van der Waals surface area contributed by atoms with Crippen molar-refractivity contribution in [2.45, 2.75) is 185 Å². The van der Waals surface area contributed by atoms with Gasteiger partial charge in [0.05, 0.1) is 95.4 Å². The fraction of sp³-hybridized carbons (Fsp3) is 0.439. The van der Waals surface area contributed by atoms with Crippen LogP contribution in [-0.4, -0.2) is 239 Å². The van der Waals surface area contributed by atoms with E-state index in [4.69, 9.17) is 54.2 Å². The maximum Gasteiger partial charge on any atom is 0.375 e. The van der Waals surface area contributed by atoms with Gasteiger partial charge in [0.15, 0.2) is 93.9 Å². The second-order valence-electron chi connectivity index (χ2n) is 37.0. The van der Waals surface area contributed by atoms with E-state index >= 15 is 0 Å². The predicted molar refractivity (Wildman–Crippen MR) is 536 cm³/mol. The van der Waals surface area contributed by atoms with Gasteiger partial charge < -0.3 is 86.9 Å². The van der Waals surface area contributed by atoms with Crippen molar-refractivity contribution in [3.63, 3.8) is 0 Å². The number of likely N-dealkylation sites (N-methyl/N-ethyl adjacent to an activating group) is 4. The van der Waals surface area contributed by atoms with E-state index in [1.807, 2.05) is 0 Å². The molecule has 6 aromatic rings. The number of piperazine rings is 4. The number of nitrogens with zero attached hydrogens (tertiary/aromatic N) is 13. The van der Waals surface area contributed by atoms with Crippen molar-refractivity contribution in [2.75, 3.05) is 61.6 Å². The van der Waals surface area contributed by atoms with E-state index in [0.717, 1.165) is 40.2 Å². The normalized spacial score (nSPS) is 30.2. The molecule has 12 heterocycles. The second-order valence-corrected chi connectivity index (χ2v) is 48.5. The number of hydrogen-bond acceptors (Lipinski definition) is 39. The molecule has 146 heavy (non-hydrogen) atoms. The maximum absolute atomic E-state index is 14.8. The molecule has 11 aliphatic heterocycles. The summed E-state index contributed by atoms with van der Waals surface area (Å²) >= 11 is 11.0. The van der Waals surface area contributed by atoms with Crippen LogP contribution in [0, 0.1) is 67.0 Å². The molecule has 0 aliphatic carbocycles. The number of fused-ring (bicyclic) bond motifs is 7. The van der Waals surface area contributed by atoms with E-state index in [0.29, 0.717) is 121 Å². The molecule has 0 radical (unpaired) electrons. The molecular formula is C98H98ClN13O26S8. The highest BCUT2D eigenvalue weighted by Crippen LogP contribution is 2.69. The summed E-state index contributed by atoms with van der Waals surface area (Å²) in [6.45, 7) is 18.0. The Morgan fingerprint density at radius 3 is 0.986 bits per heavy atom. The molecule has 0 saturated carbocycles. The molecule has 766 valence electrons. The molecule has 1 N–H and O–H groups in total. The Hall–Kier alpha value is -12.4. The van der Waals surface area contributed by atoms with Gasteiger partial charge >= 0.3 is 15.9 Å². The van der Waals surface area contributed by atoms with Crippen LogP contribution in [0.15, 0.2) is 134 Å². The number of ether oxygens (including phenoxy) is 9. The molecule has 0 bridgehead atoms. The van der Waals surface area contributed by atoms with Gasteiger partial charge in [-0.25, -0.2) is 14.4 Å². The highest BCUT2D eigenvalue weighted by atomic mass is 35.5. The Kier molecular flexibility index (Phi) is 30.7. The van der Waals surface area contributed by atoms with Crippen LogP contribution in [0.4, 0.5) is 14.4 Å². The lowest BCUT2D eigenvalue weighted by Gasteiger charge is -2.52. The standard InChI is InChI=1S/C32H27N3O8S2.C23H24ClN3O6S2.C22H23N3O7S2.C21H24N4O5S2/c1-30(18-33)17-32(45-29(39)43-22-12-8-5-9-13-22)27(37)34(3)31(2,44-28(38)42-21-10-6-4-7-11-21)26(36)35(32)25(30)20-14-15-23-24(16-20)41-19-40-23;1-5-16(28)34-22(3)19(30)27-18(13-6-7-14-15(8-13)33-12-32-14)21(2,11-25)10-23(27,20(31)26(22)4)35-17(29)9-24;1-12(26)33-21(3)17(27)25-16(13-6-7-14-15(8-13)32-11-31-14)20(2,10-23)9-22(25,18(28)24(21)4)34-19(29)30-5;1-12(27)31-20(4)17(29)25-16(14-6-7-15(9-26)23-8-14)19(3,11-22)10-21(25,32-13(2)28)18(30)24(20)5/h4-16,25H,17,19H2,1-3H3;6-8,18H,5,9-10,12H2,1-4H3;6-8,16H,9,11H2,1-5H3;6-8,16,26H,9-10H2,1-5H3/t25?,30-,31+,32+;18?,21-,22+,23+;16?,20-,21+,22+;16?,19-,20+,21+/m1111/s1. The van der Waals surface area contributed by atoms with Gasteiger partial charge in [-0.1, -0.05) is 91.1 Å². The van der Waals surface area contributed by atoms with Crippen LogP contribution >= 0.6 is 106 Å². The van der Waals surface area contributed by atoms with Crippen molar-refractivity contribution in [3.05, 3.63) is 162 Å². The fourth-order valence-corrected chi connectivity index (χ4v) is 29.4. The summed E-state index contributed by atoms with van der Waals surface area (Å²) in [5.74, 6) is -1.57. The number of benzene rings is 5. The van der Waals surface area contributed by atoms with Gasteiger partial charge in [-0.15, -0.1) is 11.6 Å². The summed E-state index contributed by atoms with van der Waals surface area (Å²) in [5, 5.41) is 46.4. The number of nitriles is 4. The number of amides is 8. The first-order valence-corrected chi connectivity index (χ1v) is 52.0. The molecule has 4 unspecified atom stereocenters. The van der Waals surface area contributed by atoms with Crippen LogP contribution in [0.5, 0.6) is 46.0 Å². The van der Waals surface area contributed by atoms with E-state index in [2.05, 4.69) is 29.3 Å². The van der Waals surface area contributed by atoms with Gasteiger partial charge in [0.25, 0.3) is 47.3 Å². The molecule has 39 nitrogen and oxygen atoms in total. The summed E-state index contributed by atoms with van der Waals surface area (Å²) in [5.41, 5.74) is -2.58. The van der Waals surface area contributed by atoms with Crippen LogP contribution in [0.1, 0.15) is 167 Å². The molecule has 11 aliphatic rings. The minimum absolute atomic E-state index is 0.00818. The zero-order chi connectivity index (χ0) is 107. The number of aliphatic hydroxyl groups is 1. The first kappa shape index (κ1) is 109. The molecule has 16 atom stereocenters. The van der Waals surface area contributed by atoms with Crippen molar-refractivity contribution >= 4 is 194 Å². The quantitative estimate of drug-likeness (QED) is 0.0654. The van der Waals surface area contributed by atoms with Crippen LogP contribution < -0.4 is 37.9 Å². The number of thioether (sulfide) groups is 8. The van der Waals surface area contributed by atoms with E-state index in [1.165, 1.54) is 124 Å². The van der Waals surface area contributed by atoms with Gasteiger partial charge in [0.2, 0.25) is 25.5 Å². The number of carbonyl (C=O) groups excluding carboxylic acids is 16. The van der Waals surface area contributed by atoms with Gasteiger partial charge in [-0.2, -0.15) is 21.0 Å². The van der Waals surface area contributed by atoms with Crippen molar-refractivity contribution in [2.24, 2.45) is 21.7 Å². The minimum Gasteiger partial charge on any atom is -0.461 e. The summed E-state index contributed by atoms with van der Waals surface area (Å²) in [7, 11) is 6.87. The smallest absolute Gasteiger partial charge is 0.375 e. The fourth-order valence-electron chi connectivity index (χ4n) is 20.2. The third-order valence-electron chi connectivity index (χ3n) is 27.3. The summed E-state index contributed by atoms with van der Waals surface area (Å²) < 4.78 is 48.6. The number of carbonyl (C=O) groups is 16. The Morgan fingerprint density at radius 1 is 0.390 bits per heavy atom. The average molecular weight is 2170 g/mol. The number of hydrogen-bond donors (Lipinski definition) is 1. The lowest BCUT2D eigenvalue weighted by atomic mass is 9.79. The van der Waals surface area contributed by atoms with E-state index in [1.54, 1.807) is 162 Å². The van der Waals surface area contributed by atoms with Crippen LogP contribution in [0.2, 0.25) is 0 Å². The number of aromatic nitrogens is 1. The number of pyridine rings is 1. The molecule has 8 saturated heterocycles. The Balaban J connectivity index is 0.000000155. The average Bonchev–Trinajstić information content (AvgIpc) is 1.54. The SMILES string of the molecule is CC(=O)S[C@@]1(C)C(=O)N2C(c3ccc(CO)nc3)[C@@](C)(C#N)C[C@]2(SC(C)=O)C(=O)N1C.CCC(=O)S[C@@]1(C)C(=O)N2C(c3ccc4c(c3)OCO4)[C@@](C)(C#N)C[C@]2(SC(=O)CCl)C(=O)N1C.CN1C(=O)[C@@]2(SC(=O)Oc3ccccc3)C[C@](C)(C#N)C(c3ccc4c(c3)OCO4)N2C(=O)[C@]1(C)SC(=O)Oc1ccccc1.COC(=O)S[C@]12C[C@](C)(C#N)C(c3ccc4c(c3)OCO4)N1C(=O)[C@](C)(SC(C)=O)N(C)C2=O. The summed E-state index contributed by atoms with van der Waals surface area (Å²) in [4.78, 5) is 215. The molecule has 48 heteroatoms. The van der Waals surface area contributed by atoms with E-state index in [9.17, 15) is 103 Å². The van der Waals surface area contributed by atoms with Crippen molar-refractivity contribution < 1.29 is 124 Å². The second kappa shape index (κ2) is 41.0. The monoisotopic (exact) mass is 2160 g/mol. The number of aliphatic hydroxyl groups excluding tert-OH is 1. The van der Waals surface area contributed by atoms with Gasteiger partial charge in [0, 0.05) is 87.3 Å². The molecule has 8 amide bonds. The largest absolute Gasteiger partial charge is 0.461 e. The lowest BCUT2D eigenvalue weighted by molar-refractivity contribution is -0.163. The molecule has 17 rings (SSSR count). The van der Waals surface area contributed by atoms with Crippen molar-refractivity contribution in [1.82, 2.24) is 44.2 Å². The first-order valence-electron chi connectivity index (χ1n) is 44.9. The molecule has 5 aromatic carbocycles. The number of para-hydroxylation sites is 2. The Morgan fingerprint density at radius 2 is 0.685 bits per heavy atom. The zero-order valence-corrected chi connectivity index (χ0v) is 89.0. The summed E-state index contributed by atoms with van der Waals surface area (Å²) in [6.07, 6.45) is 1.15. The van der Waals surface area contributed by atoms with Gasteiger partial charge in [0.1, 0.15) is 11.5 Å². The predicted octanol–water partition coefficient (Wildman–Crippen LogP) is 13.9. The third kappa shape index (κ3) is 18.7. The maximum atomic E-state index is 14.8. The van der Waals surface area contributed by atoms with Crippen molar-refractivity contribution in [1.29, 1.82) is 21.0 Å². The number of halogens is 1. The lowest BCUT2D eigenvalue weighted by Crippen LogP contribution is -2.71. The topological polar surface area (TPSA) is 510 Å².